The molecule has 0 aliphatic heterocycles. The van der Waals surface area contributed by atoms with Crippen molar-refractivity contribution in [2.24, 2.45) is 0 Å². The van der Waals surface area contributed by atoms with Gasteiger partial charge in [0.25, 0.3) is 0 Å². The Morgan fingerprint density at radius 1 is 1.29 bits per heavy atom. The summed E-state index contributed by atoms with van der Waals surface area (Å²) in [5.41, 5.74) is 0.993. The van der Waals surface area contributed by atoms with E-state index in [0.717, 1.165) is 5.56 Å². The Kier molecular flexibility index (Phi) is 5.07. The molecule has 1 aromatic carbocycles. The summed E-state index contributed by atoms with van der Waals surface area (Å²) in [5.74, 6) is -4.79. The zero-order valence-corrected chi connectivity index (χ0v) is 9.79. The molecule has 0 amide bonds. The van der Waals surface area contributed by atoms with E-state index in [2.05, 4.69) is 4.74 Å². The van der Waals surface area contributed by atoms with E-state index in [1.807, 2.05) is 30.3 Å². The SMILES string of the molecule is CCOC(=O)C(F)(F)CCCc1ccccc1. The topological polar surface area (TPSA) is 26.3 Å². The minimum Gasteiger partial charge on any atom is -0.462 e. The predicted molar refractivity (Wildman–Crippen MR) is 61.0 cm³/mol. The molecular formula is C13H16F2O2. The number of rotatable bonds is 6. The van der Waals surface area contributed by atoms with Gasteiger partial charge < -0.3 is 4.74 Å². The summed E-state index contributed by atoms with van der Waals surface area (Å²) < 4.78 is 30.8. The highest BCUT2D eigenvalue weighted by Crippen LogP contribution is 2.23. The number of alkyl halides is 2. The average molecular weight is 242 g/mol. The van der Waals surface area contributed by atoms with Crippen LogP contribution in [0.25, 0.3) is 0 Å². The maximum atomic E-state index is 13.2. The second-order valence-electron chi connectivity index (χ2n) is 3.76. The van der Waals surface area contributed by atoms with Crippen molar-refractivity contribution in [1.82, 2.24) is 0 Å². The van der Waals surface area contributed by atoms with Crippen LogP contribution in [0.2, 0.25) is 0 Å². The van der Waals surface area contributed by atoms with Gasteiger partial charge in [0.2, 0.25) is 0 Å². The predicted octanol–water partition coefficient (Wildman–Crippen LogP) is 3.21. The van der Waals surface area contributed by atoms with Gasteiger partial charge in [-0.25, -0.2) is 4.79 Å². The molecule has 0 atom stereocenters. The van der Waals surface area contributed by atoms with E-state index in [1.54, 1.807) is 0 Å². The first-order valence-corrected chi connectivity index (χ1v) is 5.65. The van der Waals surface area contributed by atoms with Crippen LogP contribution in [0.5, 0.6) is 0 Å². The van der Waals surface area contributed by atoms with Crippen LogP contribution < -0.4 is 0 Å². The third kappa shape index (κ3) is 4.51. The number of carbonyl (C=O) groups is 1. The summed E-state index contributed by atoms with van der Waals surface area (Å²) in [6.45, 7) is 1.49. The molecule has 2 nitrogen and oxygen atoms in total. The molecule has 0 fully saturated rings. The standard InChI is InChI=1S/C13H16F2O2/c1-2-17-12(16)13(14,15)10-6-9-11-7-4-3-5-8-11/h3-5,7-8H,2,6,9-10H2,1H3. The summed E-state index contributed by atoms with van der Waals surface area (Å²) >= 11 is 0. The van der Waals surface area contributed by atoms with Crippen LogP contribution in [0.4, 0.5) is 8.78 Å². The van der Waals surface area contributed by atoms with Crippen molar-refractivity contribution in [3.8, 4) is 0 Å². The van der Waals surface area contributed by atoms with Gasteiger partial charge in [-0.15, -0.1) is 0 Å². The Labute approximate surface area is 99.6 Å². The van der Waals surface area contributed by atoms with E-state index in [-0.39, 0.29) is 13.0 Å². The number of halogens is 2. The van der Waals surface area contributed by atoms with E-state index < -0.39 is 18.3 Å². The Bertz CT molecular complexity index is 350. The minimum absolute atomic E-state index is 0.0207. The Hall–Kier alpha value is -1.45. The van der Waals surface area contributed by atoms with Crippen LogP contribution in [0.1, 0.15) is 25.3 Å². The summed E-state index contributed by atoms with van der Waals surface area (Å²) in [5, 5.41) is 0. The summed E-state index contributed by atoms with van der Waals surface area (Å²) in [6.07, 6.45) is 0.326. The molecule has 0 aliphatic carbocycles. The zero-order chi connectivity index (χ0) is 12.7. The Morgan fingerprint density at radius 2 is 1.94 bits per heavy atom. The van der Waals surface area contributed by atoms with E-state index in [9.17, 15) is 13.6 Å². The van der Waals surface area contributed by atoms with Gasteiger partial charge in [-0.1, -0.05) is 30.3 Å². The van der Waals surface area contributed by atoms with Crippen LogP contribution in [0.3, 0.4) is 0 Å². The lowest BCUT2D eigenvalue weighted by atomic mass is 10.1. The van der Waals surface area contributed by atoms with Crippen molar-refractivity contribution in [3.63, 3.8) is 0 Å². The lowest BCUT2D eigenvalue weighted by Crippen LogP contribution is -2.30. The number of hydrogen-bond donors (Lipinski definition) is 0. The molecule has 0 bridgehead atoms. The first-order valence-electron chi connectivity index (χ1n) is 5.65. The smallest absolute Gasteiger partial charge is 0.376 e. The van der Waals surface area contributed by atoms with Crippen LogP contribution in [-0.4, -0.2) is 18.5 Å². The molecule has 0 saturated carbocycles. The fourth-order valence-corrected chi connectivity index (χ4v) is 1.50. The molecule has 0 saturated heterocycles. The maximum Gasteiger partial charge on any atom is 0.376 e. The van der Waals surface area contributed by atoms with Crippen molar-refractivity contribution < 1.29 is 18.3 Å². The third-order valence-corrected chi connectivity index (χ3v) is 2.37. The van der Waals surface area contributed by atoms with Gasteiger partial charge in [0, 0.05) is 6.42 Å². The van der Waals surface area contributed by atoms with Crippen LogP contribution >= 0.6 is 0 Å². The lowest BCUT2D eigenvalue weighted by molar-refractivity contribution is -0.172. The maximum absolute atomic E-state index is 13.2. The molecule has 94 valence electrons. The molecule has 17 heavy (non-hydrogen) atoms. The molecule has 0 N–H and O–H groups in total. The highest BCUT2D eigenvalue weighted by Gasteiger charge is 2.39. The highest BCUT2D eigenvalue weighted by molar-refractivity contribution is 5.77. The summed E-state index contributed by atoms with van der Waals surface area (Å²) in [7, 11) is 0. The number of esters is 1. The molecular weight excluding hydrogens is 226 g/mol. The molecule has 1 aromatic rings. The van der Waals surface area contributed by atoms with Crippen molar-refractivity contribution >= 4 is 5.97 Å². The first kappa shape index (κ1) is 13.6. The molecule has 0 heterocycles. The van der Waals surface area contributed by atoms with E-state index in [4.69, 9.17) is 0 Å². The van der Waals surface area contributed by atoms with Crippen LogP contribution in [0, 0.1) is 0 Å². The van der Waals surface area contributed by atoms with E-state index in [0.29, 0.717) is 6.42 Å². The second kappa shape index (κ2) is 6.33. The quantitative estimate of drug-likeness (QED) is 0.716. The molecule has 0 radical (unpaired) electrons. The molecule has 0 aliphatic rings. The highest BCUT2D eigenvalue weighted by atomic mass is 19.3. The Morgan fingerprint density at radius 3 is 2.53 bits per heavy atom. The molecule has 1 rings (SSSR count). The van der Waals surface area contributed by atoms with Gasteiger partial charge in [-0.05, 0) is 25.3 Å². The number of carbonyl (C=O) groups excluding carboxylic acids is 1. The van der Waals surface area contributed by atoms with Crippen LogP contribution in [-0.2, 0) is 16.0 Å². The molecule has 0 spiro atoms. The van der Waals surface area contributed by atoms with Gasteiger partial charge in [0.1, 0.15) is 0 Å². The molecule has 0 aromatic heterocycles. The van der Waals surface area contributed by atoms with Gasteiger partial charge in [0.15, 0.2) is 0 Å². The number of aryl methyl sites for hydroxylation is 1. The average Bonchev–Trinajstić information content (AvgIpc) is 2.30. The molecule has 0 unspecified atom stereocenters. The summed E-state index contributed by atoms with van der Waals surface area (Å²) in [4.78, 5) is 10.9. The van der Waals surface area contributed by atoms with Gasteiger partial charge in [-0.2, -0.15) is 8.78 Å². The number of ether oxygens (including phenoxy) is 1. The minimum atomic E-state index is -3.37. The van der Waals surface area contributed by atoms with Gasteiger partial charge in [0.05, 0.1) is 6.61 Å². The van der Waals surface area contributed by atoms with Crippen molar-refractivity contribution in [2.75, 3.05) is 6.61 Å². The Balaban J connectivity index is 2.37. The van der Waals surface area contributed by atoms with Crippen molar-refractivity contribution in [2.45, 2.75) is 32.1 Å². The number of benzene rings is 1. The second-order valence-corrected chi connectivity index (χ2v) is 3.76. The number of hydrogen-bond acceptors (Lipinski definition) is 2. The molecule has 4 heteroatoms. The first-order chi connectivity index (χ1) is 8.06. The van der Waals surface area contributed by atoms with E-state index >= 15 is 0 Å². The monoisotopic (exact) mass is 242 g/mol. The van der Waals surface area contributed by atoms with Gasteiger partial charge in [-0.3, -0.25) is 0 Å². The largest absolute Gasteiger partial charge is 0.462 e. The fraction of sp³-hybridized carbons (Fsp3) is 0.462. The third-order valence-electron chi connectivity index (χ3n) is 2.37. The van der Waals surface area contributed by atoms with Crippen molar-refractivity contribution in [3.05, 3.63) is 35.9 Å². The normalized spacial score (nSPS) is 11.2. The zero-order valence-electron chi connectivity index (χ0n) is 9.79. The van der Waals surface area contributed by atoms with E-state index in [1.165, 1.54) is 6.92 Å². The fourth-order valence-electron chi connectivity index (χ4n) is 1.50. The summed E-state index contributed by atoms with van der Waals surface area (Å²) in [6, 6.07) is 9.35. The lowest BCUT2D eigenvalue weighted by Gasteiger charge is -2.14. The van der Waals surface area contributed by atoms with Crippen LogP contribution in [0.15, 0.2) is 30.3 Å². The van der Waals surface area contributed by atoms with Gasteiger partial charge >= 0.3 is 11.9 Å². The van der Waals surface area contributed by atoms with Crippen molar-refractivity contribution in [1.29, 1.82) is 0 Å².